The van der Waals surface area contributed by atoms with Crippen molar-refractivity contribution >= 4 is 23.9 Å². The number of benzene rings is 4. The van der Waals surface area contributed by atoms with Crippen LogP contribution in [0.2, 0.25) is 0 Å². The molecule has 106 heavy (non-hydrogen) atoms. The van der Waals surface area contributed by atoms with Crippen LogP contribution in [0.3, 0.4) is 0 Å². The summed E-state index contributed by atoms with van der Waals surface area (Å²) in [5, 5.41) is 0. The van der Waals surface area contributed by atoms with Crippen LogP contribution in [-0.2, 0) is 75.0 Å². The number of carbonyl (C=O) groups is 4. The SMILES string of the molecule is C=C(C)C(=O)OCCCc1cc(-c2ccc(OCCCCCCCCCC)cc2F)cc(CCCOC(=O)C(=C)C)c1OCCCCCCC1CO1.C=C(C)C(=O)OCCCc1cc(-c2ccc(OCCCCCCCCCC)cc2F)cc(CCCOC(=O)C(=C)C)c1OCCCCCCc1ccoc1. The van der Waals surface area contributed by atoms with E-state index in [1.807, 2.05) is 42.5 Å². The van der Waals surface area contributed by atoms with Crippen LogP contribution < -0.4 is 18.9 Å². The number of rotatable bonds is 58. The highest BCUT2D eigenvalue weighted by Gasteiger charge is 2.23. The van der Waals surface area contributed by atoms with E-state index in [9.17, 15) is 19.2 Å². The van der Waals surface area contributed by atoms with E-state index >= 15 is 8.78 Å². The first-order chi connectivity index (χ1) is 51.4. The average molecular weight is 1470 g/mol. The molecule has 1 unspecified atom stereocenters. The predicted octanol–water partition coefficient (Wildman–Crippen LogP) is 22.7. The third kappa shape index (κ3) is 36.5. The van der Waals surface area contributed by atoms with Crippen molar-refractivity contribution in [2.45, 2.75) is 266 Å². The zero-order chi connectivity index (χ0) is 76.5. The number of halogens is 2. The number of unbranched alkanes of at least 4 members (excludes halogenated alkanes) is 20. The molecule has 0 N–H and O–H groups in total. The van der Waals surface area contributed by atoms with Crippen LogP contribution in [0.1, 0.15) is 256 Å². The molecular formula is C90H126F2O14. The molecule has 16 heteroatoms. The Kier molecular flexibility index (Phi) is 44.3. The molecule has 6 rings (SSSR count). The lowest BCUT2D eigenvalue weighted by molar-refractivity contribution is -0.139. The molecule has 0 amide bonds. The molecular weight excluding hydrogens is 1340 g/mol. The van der Waals surface area contributed by atoms with E-state index in [1.165, 1.54) is 94.7 Å². The second kappa shape index (κ2) is 52.9. The van der Waals surface area contributed by atoms with Crippen LogP contribution in [-0.4, -0.2) is 89.4 Å². The van der Waals surface area contributed by atoms with Gasteiger partial charge >= 0.3 is 23.9 Å². The summed E-state index contributed by atoms with van der Waals surface area (Å²) in [4.78, 5) is 48.1. The fourth-order valence-corrected chi connectivity index (χ4v) is 12.3. The minimum atomic E-state index is -0.426. The monoisotopic (exact) mass is 1470 g/mol. The van der Waals surface area contributed by atoms with Crippen LogP contribution in [0.15, 0.2) is 132 Å². The Hall–Kier alpha value is -7.98. The van der Waals surface area contributed by atoms with Crippen LogP contribution in [0, 0.1) is 11.6 Å². The lowest BCUT2D eigenvalue weighted by Gasteiger charge is -2.19. The Morgan fingerprint density at radius 1 is 0.387 bits per heavy atom. The van der Waals surface area contributed by atoms with Gasteiger partial charge in [0.15, 0.2) is 0 Å². The summed E-state index contributed by atoms with van der Waals surface area (Å²) >= 11 is 0. The van der Waals surface area contributed by atoms with Crippen molar-refractivity contribution in [3.05, 3.63) is 167 Å². The molecule has 0 bridgehead atoms. The highest BCUT2D eigenvalue weighted by molar-refractivity contribution is 5.88. The standard InChI is InChI=1S/C46H63FO7.C44H63FO7/c1-6-7-8-9-10-11-13-16-26-51-41-23-24-42(43(47)33-41)40-31-38(21-18-28-53-45(48)35(2)3)44(39(32-40)22-19-29-54-46(49)36(4)5)52-27-17-14-12-15-20-37-25-30-50-34-37;1-6-7-8-9-10-11-13-16-25-48-38-23-24-40(41(45)31-38)37-29-35(20-18-27-50-43(46)33(2)3)42(49-26-17-14-12-15-22-39-32-52-39)36(30-37)21-19-28-51-44(47)34(4)5/h23-25,30-34H,2,4,6-22,26-29H2,1,3,5H3;23-24,29-31,39H,2,4,6-22,25-28,32H2,1,3,5H3. The van der Waals surface area contributed by atoms with Crippen molar-refractivity contribution in [1.29, 1.82) is 0 Å². The van der Waals surface area contributed by atoms with Crippen molar-refractivity contribution in [2.75, 3.05) is 59.5 Å². The van der Waals surface area contributed by atoms with E-state index < -0.39 is 23.9 Å². The van der Waals surface area contributed by atoms with Gasteiger partial charge in [-0.3, -0.25) is 0 Å². The lowest BCUT2D eigenvalue weighted by atomic mass is 9.94. The molecule has 1 aromatic heterocycles. The summed E-state index contributed by atoms with van der Waals surface area (Å²) < 4.78 is 88.5. The Labute approximate surface area is 633 Å². The van der Waals surface area contributed by atoms with Gasteiger partial charge in [-0.05, 0) is 218 Å². The summed E-state index contributed by atoms with van der Waals surface area (Å²) in [6.07, 6.45) is 38.2. The number of esters is 4. The maximum Gasteiger partial charge on any atom is 0.333 e. The van der Waals surface area contributed by atoms with Crippen LogP contribution in [0.5, 0.6) is 23.0 Å². The van der Waals surface area contributed by atoms with Crippen LogP contribution in [0.25, 0.3) is 22.3 Å². The lowest BCUT2D eigenvalue weighted by Crippen LogP contribution is -2.10. The van der Waals surface area contributed by atoms with E-state index in [2.05, 4.69) is 40.2 Å². The fourth-order valence-electron chi connectivity index (χ4n) is 12.3. The van der Waals surface area contributed by atoms with Crippen molar-refractivity contribution in [3.63, 3.8) is 0 Å². The summed E-state index contributed by atoms with van der Waals surface area (Å²) in [5.41, 5.74) is 8.63. The second-order valence-electron chi connectivity index (χ2n) is 28.4. The second-order valence-corrected chi connectivity index (χ2v) is 28.4. The Bertz CT molecular complexity index is 3330. The minimum Gasteiger partial charge on any atom is -0.493 e. The first kappa shape index (κ1) is 88.6. The third-order valence-electron chi connectivity index (χ3n) is 18.5. The number of aryl methyl sites for hydroxylation is 5. The topological polar surface area (TPSA) is 168 Å². The summed E-state index contributed by atoms with van der Waals surface area (Å²) in [7, 11) is 0. The van der Waals surface area contributed by atoms with Crippen molar-refractivity contribution in [1.82, 2.24) is 0 Å². The van der Waals surface area contributed by atoms with Crippen LogP contribution in [0.4, 0.5) is 8.78 Å². The van der Waals surface area contributed by atoms with Crippen molar-refractivity contribution < 1.29 is 75.0 Å². The van der Waals surface area contributed by atoms with Gasteiger partial charge in [-0.15, -0.1) is 0 Å². The number of ether oxygens (including phenoxy) is 9. The minimum absolute atomic E-state index is 0.220. The number of carbonyl (C=O) groups excluding carboxylic acids is 4. The van der Waals surface area contributed by atoms with Crippen molar-refractivity contribution in [3.8, 4) is 45.3 Å². The molecule has 0 spiro atoms. The predicted molar refractivity (Wildman–Crippen MR) is 421 cm³/mol. The quantitative estimate of drug-likeness (QED) is 0.0119. The van der Waals surface area contributed by atoms with Gasteiger partial charge in [-0.2, -0.15) is 0 Å². The number of hydrogen-bond acceptors (Lipinski definition) is 14. The molecule has 2 heterocycles. The highest BCUT2D eigenvalue weighted by Crippen LogP contribution is 2.38. The van der Waals surface area contributed by atoms with E-state index in [-0.39, 0.29) is 38.1 Å². The molecule has 1 saturated heterocycles. The summed E-state index contributed by atoms with van der Waals surface area (Å²) in [5.74, 6) is 0.131. The first-order valence-corrected chi connectivity index (χ1v) is 39.7. The van der Waals surface area contributed by atoms with Gasteiger partial charge in [-0.1, -0.05) is 162 Å². The number of hydrogen-bond donors (Lipinski definition) is 0. The Morgan fingerprint density at radius 2 is 0.708 bits per heavy atom. The maximum atomic E-state index is 15.8. The molecule has 1 aliphatic rings. The van der Waals surface area contributed by atoms with Gasteiger partial charge in [0.2, 0.25) is 0 Å². The summed E-state index contributed by atoms with van der Waals surface area (Å²) in [6, 6.07) is 20.1. The summed E-state index contributed by atoms with van der Waals surface area (Å²) in [6.45, 7) is 29.6. The Morgan fingerprint density at radius 3 is 1.02 bits per heavy atom. The molecule has 4 aromatic carbocycles. The average Bonchev–Trinajstić information content (AvgIpc) is 1.13. The van der Waals surface area contributed by atoms with Gasteiger partial charge in [0.25, 0.3) is 0 Å². The third-order valence-corrected chi connectivity index (χ3v) is 18.5. The molecule has 1 fully saturated rings. The maximum absolute atomic E-state index is 15.8. The molecule has 1 aliphatic heterocycles. The fraction of sp³-hybridized carbons (Fsp3) is 0.556. The molecule has 1 atom stereocenters. The largest absolute Gasteiger partial charge is 0.493 e. The van der Waals surface area contributed by atoms with Gasteiger partial charge in [0.05, 0.1) is 78.1 Å². The van der Waals surface area contributed by atoms with Crippen molar-refractivity contribution in [2.24, 2.45) is 0 Å². The molecule has 0 aliphatic carbocycles. The van der Waals surface area contributed by atoms with Gasteiger partial charge in [0.1, 0.15) is 34.6 Å². The first-order valence-electron chi connectivity index (χ1n) is 39.7. The van der Waals surface area contributed by atoms with Gasteiger partial charge in [-0.25, -0.2) is 28.0 Å². The van der Waals surface area contributed by atoms with E-state index in [4.69, 9.17) is 47.0 Å². The number of epoxide rings is 1. The Balaban J connectivity index is 0.000000381. The normalized spacial score (nSPS) is 12.2. The molecule has 0 radical (unpaired) electrons. The zero-order valence-electron chi connectivity index (χ0n) is 65.3. The molecule has 5 aromatic rings. The van der Waals surface area contributed by atoms with E-state index in [0.29, 0.717) is 129 Å². The molecule has 0 saturated carbocycles. The van der Waals surface area contributed by atoms with Gasteiger partial charge < -0.3 is 47.0 Å². The molecule has 584 valence electrons. The van der Waals surface area contributed by atoms with Gasteiger partial charge in [0, 0.05) is 45.6 Å². The van der Waals surface area contributed by atoms with E-state index in [1.54, 1.807) is 52.4 Å². The van der Waals surface area contributed by atoms with Crippen LogP contribution >= 0.6 is 0 Å². The molecule has 14 nitrogen and oxygen atoms in total. The smallest absolute Gasteiger partial charge is 0.333 e. The highest BCUT2D eigenvalue weighted by atomic mass is 19.1. The number of furan rings is 1. The zero-order valence-corrected chi connectivity index (χ0v) is 65.3. The van der Waals surface area contributed by atoms with E-state index in [0.717, 1.165) is 141 Å².